The van der Waals surface area contributed by atoms with Crippen LogP contribution in [0.3, 0.4) is 0 Å². The van der Waals surface area contributed by atoms with E-state index in [1.54, 1.807) is 37.4 Å². The molecule has 1 aromatic rings. The summed E-state index contributed by atoms with van der Waals surface area (Å²) in [7, 11) is 0. The average Bonchev–Trinajstić information content (AvgIpc) is 3.16. The minimum atomic E-state index is -0.985. The Hall–Kier alpha value is -1.71. The van der Waals surface area contributed by atoms with E-state index in [9.17, 15) is 19.5 Å². The number of aliphatic carboxylic acids is 1. The number of aryl methyl sites for hydroxylation is 1. The fourth-order valence-corrected chi connectivity index (χ4v) is 7.52. The average molecular weight is 497 g/mol. The number of amides is 1. The summed E-state index contributed by atoms with van der Waals surface area (Å²) in [5, 5.41) is 13.2. The van der Waals surface area contributed by atoms with Crippen molar-refractivity contribution in [2.45, 2.75) is 69.2 Å². The fourth-order valence-electron chi connectivity index (χ4n) is 4.26. The Kier molecular flexibility index (Phi) is 11.1. The third-order valence-corrected chi connectivity index (χ3v) is 8.80. The third kappa shape index (κ3) is 7.13. The van der Waals surface area contributed by atoms with Gasteiger partial charge in [0.1, 0.15) is 6.04 Å². The monoisotopic (exact) mass is 496 g/mol. The maximum absolute atomic E-state index is 13.4. The molecular formula is C24H36N2O5S2. The number of ether oxygens (including phenoxy) is 1. The zero-order valence-electron chi connectivity index (χ0n) is 19.9. The highest BCUT2D eigenvalue weighted by atomic mass is 32.2. The van der Waals surface area contributed by atoms with Crippen molar-refractivity contribution in [1.82, 2.24) is 10.2 Å². The molecule has 33 heavy (non-hydrogen) atoms. The van der Waals surface area contributed by atoms with E-state index in [0.29, 0.717) is 25.8 Å². The lowest BCUT2D eigenvalue weighted by molar-refractivity contribution is -0.150. The smallest absolute Gasteiger partial charge is 0.328 e. The highest BCUT2D eigenvalue weighted by Gasteiger charge is 2.54. The van der Waals surface area contributed by atoms with Crippen molar-refractivity contribution in [3.05, 3.63) is 35.9 Å². The van der Waals surface area contributed by atoms with Crippen molar-refractivity contribution in [3.8, 4) is 0 Å². The summed E-state index contributed by atoms with van der Waals surface area (Å²) in [5.74, 6) is -0.136. The van der Waals surface area contributed by atoms with Gasteiger partial charge in [-0.05, 0) is 50.2 Å². The van der Waals surface area contributed by atoms with Gasteiger partial charge < -0.3 is 14.7 Å². The van der Waals surface area contributed by atoms with Crippen molar-refractivity contribution in [1.29, 1.82) is 0 Å². The molecule has 0 aliphatic carbocycles. The number of hydrogen-bond acceptors (Lipinski definition) is 7. The van der Waals surface area contributed by atoms with Gasteiger partial charge in [-0.3, -0.25) is 14.9 Å². The van der Waals surface area contributed by atoms with Gasteiger partial charge >= 0.3 is 11.9 Å². The molecule has 1 fully saturated rings. The normalized spacial score (nSPS) is 19.2. The van der Waals surface area contributed by atoms with Gasteiger partial charge in [0, 0.05) is 6.54 Å². The molecule has 1 saturated heterocycles. The summed E-state index contributed by atoms with van der Waals surface area (Å²) in [5.41, 5.74) is 1.09. The molecule has 0 aromatic heterocycles. The number of rotatable bonds is 13. The quantitative estimate of drug-likeness (QED) is 0.317. The van der Waals surface area contributed by atoms with Crippen LogP contribution in [0, 0.1) is 0 Å². The van der Waals surface area contributed by atoms with Gasteiger partial charge in [-0.2, -0.15) is 0 Å². The minimum absolute atomic E-state index is 0.253. The van der Waals surface area contributed by atoms with Crippen molar-refractivity contribution >= 4 is 41.4 Å². The van der Waals surface area contributed by atoms with Crippen molar-refractivity contribution in [3.63, 3.8) is 0 Å². The summed E-state index contributed by atoms with van der Waals surface area (Å²) < 4.78 is 4.67. The standard InChI is InChI=1S/C24H36N2O5S2/c1-5-31-23(30)19(14-13-18-11-9-8-10-12-18)25-17(4)21(27)26-16-15-24(32-6-2,33-7-3)20(26)22(28)29/h8-12,17,19-20,25H,5-7,13-16H2,1-4H3,(H,28,29)/t17?,19-,20-/m0/s1. The van der Waals surface area contributed by atoms with Gasteiger partial charge in [0.25, 0.3) is 0 Å². The first-order valence-electron chi connectivity index (χ1n) is 11.6. The zero-order chi connectivity index (χ0) is 24.4. The summed E-state index contributed by atoms with van der Waals surface area (Å²) in [6.07, 6.45) is 1.75. The molecule has 1 amide bonds. The Morgan fingerprint density at radius 3 is 2.36 bits per heavy atom. The highest BCUT2D eigenvalue weighted by molar-refractivity contribution is 8.18. The van der Waals surface area contributed by atoms with Crippen LogP contribution in [0.4, 0.5) is 0 Å². The summed E-state index contributed by atoms with van der Waals surface area (Å²) in [4.78, 5) is 39.7. The molecule has 2 rings (SSSR count). The number of likely N-dealkylation sites (tertiary alicyclic amines) is 1. The van der Waals surface area contributed by atoms with Crippen molar-refractivity contribution in [2.75, 3.05) is 24.7 Å². The van der Waals surface area contributed by atoms with Gasteiger partial charge in [0.2, 0.25) is 5.91 Å². The maximum atomic E-state index is 13.4. The second kappa shape index (κ2) is 13.2. The van der Waals surface area contributed by atoms with Gasteiger partial charge in [-0.25, -0.2) is 4.79 Å². The molecule has 9 heteroatoms. The number of carboxylic acids is 1. The Labute approximate surface area is 205 Å². The molecule has 0 saturated carbocycles. The lowest BCUT2D eigenvalue weighted by Gasteiger charge is -2.35. The van der Waals surface area contributed by atoms with E-state index in [0.717, 1.165) is 17.1 Å². The van der Waals surface area contributed by atoms with E-state index in [-0.39, 0.29) is 12.5 Å². The predicted octanol–water partition coefficient (Wildman–Crippen LogP) is 3.42. The van der Waals surface area contributed by atoms with Gasteiger partial charge in [-0.15, -0.1) is 23.5 Å². The first-order valence-corrected chi connectivity index (χ1v) is 13.5. The summed E-state index contributed by atoms with van der Waals surface area (Å²) in [6, 6.07) is 7.54. The molecular weight excluding hydrogens is 460 g/mol. The molecule has 7 nitrogen and oxygen atoms in total. The second-order valence-electron chi connectivity index (χ2n) is 7.92. The first-order chi connectivity index (χ1) is 15.8. The van der Waals surface area contributed by atoms with E-state index in [1.165, 1.54) is 4.90 Å². The van der Waals surface area contributed by atoms with E-state index in [2.05, 4.69) is 5.32 Å². The number of carbonyl (C=O) groups excluding carboxylic acids is 2. The largest absolute Gasteiger partial charge is 0.480 e. The number of esters is 1. The molecule has 0 radical (unpaired) electrons. The number of carboxylic acid groups (broad SMARTS) is 1. The van der Waals surface area contributed by atoms with E-state index < -0.39 is 34.1 Å². The molecule has 1 aliphatic rings. The number of nitrogens with one attached hydrogen (secondary N) is 1. The molecule has 1 aliphatic heterocycles. The molecule has 2 N–H and O–H groups in total. The number of carbonyl (C=O) groups is 3. The van der Waals surface area contributed by atoms with Gasteiger partial charge in [0.15, 0.2) is 6.04 Å². The van der Waals surface area contributed by atoms with E-state index in [1.807, 2.05) is 44.2 Å². The Balaban J connectivity index is 2.15. The topological polar surface area (TPSA) is 95.9 Å². The SMILES string of the molecule is CCOC(=O)[C@H](CCc1ccccc1)NC(C)C(=O)N1CCC(SCC)(SCC)[C@@H]1C(=O)O. The van der Waals surface area contributed by atoms with E-state index >= 15 is 0 Å². The van der Waals surface area contributed by atoms with Crippen LogP contribution in [0.15, 0.2) is 30.3 Å². The minimum Gasteiger partial charge on any atom is -0.480 e. The molecule has 184 valence electrons. The Bertz CT molecular complexity index is 786. The summed E-state index contributed by atoms with van der Waals surface area (Å²) in [6.45, 7) is 8.09. The second-order valence-corrected chi connectivity index (χ2v) is 11.4. The van der Waals surface area contributed by atoms with Crippen LogP contribution >= 0.6 is 23.5 Å². The fraction of sp³-hybridized carbons (Fsp3) is 0.625. The van der Waals surface area contributed by atoms with Crippen LogP contribution in [0.2, 0.25) is 0 Å². The number of benzene rings is 1. The molecule has 1 aromatic carbocycles. The first kappa shape index (κ1) is 27.5. The van der Waals surface area contributed by atoms with Crippen LogP contribution < -0.4 is 5.32 Å². The van der Waals surface area contributed by atoms with Gasteiger partial charge in [-0.1, -0.05) is 44.2 Å². The molecule has 0 spiro atoms. The molecule has 3 atom stereocenters. The van der Waals surface area contributed by atoms with Crippen LogP contribution in [0.5, 0.6) is 0 Å². The number of thioether (sulfide) groups is 2. The van der Waals surface area contributed by atoms with Gasteiger partial charge in [0.05, 0.1) is 16.7 Å². The lowest BCUT2D eigenvalue weighted by Crippen LogP contribution is -2.56. The third-order valence-electron chi connectivity index (χ3n) is 5.68. The Morgan fingerprint density at radius 1 is 1.18 bits per heavy atom. The molecule has 1 heterocycles. The van der Waals surface area contributed by atoms with Crippen LogP contribution in [-0.2, 0) is 25.5 Å². The van der Waals surface area contributed by atoms with Crippen molar-refractivity contribution in [2.24, 2.45) is 0 Å². The highest BCUT2D eigenvalue weighted by Crippen LogP contribution is 2.49. The van der Waals surface area contributed by atoms with E-state index in [4.69, 9.17) is 4.74 Å². The van der Waals surface area contributed by atoms with Crippen LogP contribution in [0.1, 0.15) is 46.1 Å². The predicted molar refractivity (Wildman–Crippen MR) is 135 cm³/mol. The molecule has 1 unspecified atom stereocenters. The summed E-state index contributed by atoms with van der Waals surface area (Å²) >= 11 is 3.21. The number of hydrogen-bond donors (Lipinski definition) is 2. The maximum Gasteiger partial charge on any atom is 0.328 e. The zero-order valence-corrected chi connectivity index (χ0v) is 21.5. The Morgan fingerprint density at radius 2 is 1.82 bits per heavy atom. The van der Waals surface area contributed by atoms with Crippen LogP contribution in [-0.4, -0.2) is 74.7 Å². The van der Waals surface area contributed by atoms with Crippen molar-refractivity contribution < 1.29 is 24.2 Å². The molecule has 0 bridgehead atoms. The number of nitrogens with zero attached hydrogens (tertiary/aromatic N) is 1. The lowest BCUT2D eigenvalue weighted by atomic mass is 10.0. The van der Waals surface area contributed by atoms with Crippen LogP contribution in [0.25, 0.3) is 0 Å².